The topological polar surface area (TPSA) is 64.7 Å². The zero-order chi connectivity index (χ0) is 11.8. The van der Waals surface area contributed by atoms with Crippen LogP contribution in [0.5, 0.6) is 0 Å². The van der Waals surface area contributed by atoms with Gasteiger partial charge in [0.25, 0.3) is 0 Å². The molecule has 0 aliphatic rings. The number of rotatable bonds is 7. The van der Waals surface area contributed by atoms with Gasteiger partial charge in [0.1, 0.15) is 6.10 Å². The number of hydrogen-bond donors (Lipinski definition) is 2. The third kappa shape index (κ3) is 4.61. The molecule has 1 unspecified atom stereocenters. The van der Waals surface area contributed by atoms with Crippen molar-refractivity contribution in [2.45, 2.75) is 12.5 Å². The molecule has 0 aliphatic heterocycles. The van der Waals surface area contributed by atoms with E-state index in [1.807, 2.05) is 0 Å². The Morgan fingerprint density at radius 2 is 1.94 bits per heavy atom. The Labute approximate surface area is 96.0 Å². The van der Waals surface area contributed by atoms with E-state index < -0.39 is 6.10 Å². The molecule has 0 saturated carbocycles. The van der Waals surface area contributed by atoms with Crippen molar-refractivity contribution in [2.75, 3.05) is 32.7 Å². The lowest BCUT2D eigenvalue weighted by atomic mass is 10.1. The van der Waals surface area contributed by atoms with Gasteiger partial charge in [-0.2, -0.15) is 0 Å². The Bertz CT molecular complexity index is 287. The largest absolute Gasteiger partial charge is 0.399 e. The number of methoxy groups -OCH3 is 1. The van der Waals surface area contributed by atoms with Gasteiger partial charge >= 0.3 is 0 Å². The molecule has 4 heteroatoms. The van der Waals surface area contributed by atoms with Gasteiger partial charge in [-0.25, -0.2) is 0 Å². The molecule has 0 bridgehead atoms. The highest BCUT2D eigenvalue weighted by Gasteiger charge is 2.06. The molecule has 1 aromatic rings. The van der Waals surface area contributed by atoms with Gasteiger partial charge in [-0.3, -0.25) is 0 Å². The van der Waals surface area contributed by atoms with Crippen LogP contribution in [0.1, 0.15) is 18.1 Å². The summed E-state index contributed by atoms with van der Waals surface area (Å²) >= 11 is 0. The van der Waals surface area contributed by atoms with Crippen LogP contribution in [0, 0.1) is 0 Å². The lowest BCUT2D eigenvalue weighted by Gasteiger charge is -2.11. The number of nitrogens with two attached hydrogens (primary N) is 1. The van der Waals surface area contributed by atoms with Crippen LogP contribution < -0.4 is 5.73 Å². The minimum absolute atomic E-state index is 0.299. The molecule has 16 heavy (non-hydrogen) atoms. The highest BCUT2D eigenvalue weighted by Crippen LogP contribution is 2.14. The van der Waals surface area contributed by atoms with Gasteiger partial charge in [-0.15, -0.1) is 0 Å². The molecule has 3 N–H and O–H groups in total. The van der Waals surface area contributed by atoms with Crippen LogP contribution in [0.15, 0.2) is 24.3 Å². The fraction of sp³-hybridized carbons (Fsp3) is 0.500. The van der Waals surface area contributed by atoms with E-state index in [1.54, 1.807) is 31.4 Å². The van der Waals surface area contributed by atoms with Gasteiger partial charge in [-0.1, -0.05) is 12.1 Å². The van der Waals surface area contributed by atoms with Gasteiger partial charge in [0.05, 0.1) is 6.61 Å². The minimum atomic E-state index is -0.594. The number of nitrogen functional groups attached to an aromatic ring is 1. The molecule has 0 aliphatic carbocycles. The smallest absolute Gasteiger partial charge is 0.102 e. The maximum absolute atomic E-state index is 9.77. The summed E-state index contributed by atoms with van der Waals surface area (Å²) in [6, 6.07) is 7.14. The number of ether oxygens (including phenoxy) is 2. The van der Waals surface area contributed by atoms with E-state index in [-0.39, 0.29) is 0 Å². The Morgan fingerprint density at radius 3 is 2.56 bits per heavy atom. The summed E-state index contributed by atoms with van der Waals surface area (Å²) in [5.41, 5.74) is 7.07. The van der Waals surface area contributed by atoms with E-state index in [0.29, 0.717) is 25.5 Å². The number of aliphatic hydroxyl groups is 1. The fourth-order valence-corrected chi connectivity index (χ4v) is 1.31. The van der Waals surface area contributed by atoms with Crippen molar-refractivity contribution in [1.82, 2.24) is 0 Å². The van der Waals surface area contributed by atoms with Crippen LogP contribution in [-0.4, -0.2) is 32.0 Å². The lowest BCUT2D eigenvalue weighted by Crippen LogP contribution is -2.09. The molecule has 0 aromatic heterocycles. The molecular formula is C12H19NO3. The van der Waals surface area contributed by atoms with Gasteiger partial charge in [0, 0.05) is 26.0 Å². The number of anilines is 1. The summed E-state index contributed by atoms with van der Waals surface area (Å²) in [7, 11) is 1.66. The van der Waals surface area contributed by atoms with Crippen molar-refractivity contribution >= 4 is 5.69 Å². The Hall–Kier alpha value is -1.10. The van der Waals surface area contributed by atoms with Gasteiger partial charge in [0.15, 0.2) is 0 Å². The number of benzene rings is 1. The summed E-state index contributed by atoms with van der Waals surface area (Å²) in [5, 5.41) is 9.77. The minimum Gasteiger partial charge on any atom is -0.399 e. The van der Waals surface area contributed by atoms with Crippen molar-refractivity contribution in [1.29, 1.82) is 0 Å². The maximum Gasteiger partial charge on any atom is 0.102 e. The normalized spacial score (nSPS) is 12.6. The first kappa shape index (κ1) is 13.0. The third-order valence-corrected chi connectivity index (χ3v) is 2.23. The molecular weight excluding hydrogens is 206 g/mol. The van der Waals surface area contributed by atoms with Crippen molar-refractivity contribution < 1.29 is 14.6 Å². The fourth-order valence-electron chi connectivity index (χ4n) is 1.31. The van der Waals surface area contributed by atoms with E-state index in [2.05, 4.69) is 0 Å². The van der Waals surface area contributed by atoms with Gasteiger partial charge in [-0.05, 0) is 24.1 Å². The maximum atomic E-state index is 9.77. The SMILES string of the molecule is COCCCOCC(O)c1ccc(N)cc1. The van der Waals surface area contributed by atoms with Crippen LogP contribution in [-0.2, 0) is 9.47 Å². The quantitative estimate of drug-likeness (QED) is 0.543. The molecule has 0 radical (unpaired) electrons. The molecule has 0 amide bonds. The monoisotopic (exact) mass is 225 g/mol. The average molecular weight is 225 g/mol. The predicted octanol–water partition coefficient (Wildman–Crippen LogP) is 1.36. The summed E-state index contributed by atoms with van der Waals surface area (Å²) in [5.74, 6) is 0. The highest BCUT2D eigenvalue weighted by atomic mass is 16.5. The number of hydrogen-bond acceptors (Lipinski definition) is 4. The van der Waals surface area contributed by atoms with Crippen LogP contribution in [0.2, 0.25) is 0 Å². The van der Waals surface area contributed by atoms with Crippen molar-refractivity contribution in [2.24, 2.45) is 0 Å². The summed E-state index contributed by atoms with van der Waals surface area (Å²) in [6.07, 6.45) is 0.244. The molecule has 1 atom stereocenters. The second-order valence-corrected chi connectivity index (χ2v) is 3.60. The van der Waals surface area contributed by atoms with Gasteiger partial charge in [0.2, 0.25) is 0 Å². The highest BCUT2D eigenvalue weighted by molar-refractivity contribution is 5.39. The summed E-state index contributed by atoms with van der Waals surface area (Å²) in [4.78, 5) is 0. The van der Waals surface area contributed by atoms with Crippen LogP contribution in [0.4, 0.5) is 5.69 Å². The van der Waals surface area contributed by atoms with Crippen LogP contribution in [0.3, 0.4) is 0 Å². The standard InChI is InChI=1S/C12H19NO3/c1-15-7-2-8-16-9-12(14)10-3-5-11(13)6-4-10/h3-6,12,14H,2,7-9,13H2,1H3. The summed E-state index contributed by atoms with van der Waals surface area (Å²) in [6.45, 7) is 1.57. The molecule has 0 spiro atoms. The second kappa shape index (κ2) is 7.22. The van der Waals surface area contributed by atoms with E-state index in [4.69, 9.17) is 15.2 Å². The van der Waals surface area contributed by atoms with Gasteiger partial charge < -0.3 is 20.3 Å². The third-order valence-electron chi connectivity index (χ3n) is 2.23. The molecule has 1 rings (SSSR count). The van der Waals surface area contributed by atoms with E-state index >= 15 is 0 Å². The number of aliphatic hydroxyl groups excluding tert-OH is 1. The Kier molecular flexibility index (Phi) is 5.85. The zero-order valence-corrected chi connectivity index (χ0v) is 9.56. The van der Waals surface area contributed by atoms with E-state index in [1.165, 1.54) is 0 Å². The summed E-state index contributed by atoms with van der Waals surface area (Å²) < 4.78 is 10.2. The average Bonchev–Trinajstić information content (AvgIpc) is 2.29. The molecule has 4 nitrogen and oxygen atoms in total. The van der Waals surface area contributed by atoms with Crippen molar-refractivity contribution in [3.8, 4) is 0 Å². The van der Waals surface area contributed by atoms with E-state index in [9.17, 15) is 5.11 Å². The first-order chi connectivity index (χ1) is 7.74. The zero-order valence-electron chi connectivity index (χ0n) is 9.56. The van der Waals surface area contributed by atoms with Crippen LogP contribution >= 0.6 is 0 Å². The first-order valence-electron chi connectivity index (χ1n) is 5.34. The molecule has 0 saturated heterocycles. The molecule has 1 aromatic carbocycles. The van der Waals surface area contributed by atoms with E-state index in [0.717, 1.165) is 12.0 Å². The lowest BCUT2D eigenvalue weighted by molar-refractivity contribution is 0.0279. The first-order valence-corrected chi connectivity index (χ1v) is 5.34. The Balaban J connectivity index is 2.24. The van der Waals surface area contributed by atoms with Crippen molar-refractivity contribution in [3.63, 3.8) is 0 Å². The second-order valence-electron chi connectivity index (χ2n) is 3.60. The van der Waals surface area contributed by atoms with Crippen LogP contribution in [0.25, 0.3) is 0 Å². The molecule has 0 fully saturated rings. The molecule has 0 heterocycles. The van der Waals surface area contributed by atoms with Crippen molar-refractivity contribution in [3.05, 3.63) is 29.8 Å². The Morgan fingerprint density at radius 1 is 1.25 bits per heavy atom. The predicted molar refractivity (Wildman–Crippen MR) is 63.1 cm³/mol. The molecule has 90 valence electrons.